The minimum atomic E-state index is -3.02. The highest BCUT2D eigenvalue weighted by Gasteiger charge is 2.69. The van der Waals surface area contributed by atoms with Gasteiger partial charge in [-0.15, -0.1) is 0 Å². The summed E-state index contributed by atoms with van der Waals surface area (Å²) in [4.78, 5) is 51.9. The molecule has 7 rings (SSSR count). The number of fused-ring (bicyclic) bond motifs is 3. The van der Waals surface area contributed by atoms with Gasteiger partial charge >= 0.3 is 0 Å². The Morgan fingerprint density at radius 1 is 0.849 bits per heavy atom. The highest BCUT2D eigenvalue weighted by Crippen LogP contribution is 2.56. The zero-order valence-electron chi connectivity index (χ0n) is 39.7. The number of amides is 1. The fraction of sp³-hybridized carbons (Fsp3) is 0.628. The molecular formula is C43H63N9O21. The molecule has 406 valence electrons. The number of aldehydes is 1. The van der Waals surface area contributed by atoms with Gasteiger partial charge in [0.25, 0.3) is 5.91 Å². The Morgan fingerprint density at radius 3 is 1.97 bits per heavy atom. The van der Waals surface area contributed by atoms with E-state index in [2.05, 4.69) is 16.0 Å². The summed E-state index contributed by atoms with van der Waals surface area (Å²) in [5.41, 5.74) is 6.50. The number of guanidine groups is 2. The summed E-state index contributed by atoms with van der Waals surface area (Å²) in [5, 5.41) is 163. The van der Waals surface area contributed by atoms with Crippen LogP contribution in [0.2, 0.25) is 0 Å². The fourth-order valence-electron chi connectivity index (χ4n) is 10.8. The van der Waals surface area contributed by atoms with Crippen molar-refractivity contribution in [3.8, 4) is 5.75 Å². The molecule has 73 heavy (non-hydrogen) atoms. The second-order valence-corrected chi connectivity index (χ2v) is 19.0. The summed E-state index contributed by atoms with van der Waals surface area (Å²) in [5.74, 6) is -11.0. The third-order valence-electron chi connectivity index (χ3n) is 14.5. The molecule has 2 saturated heterocycles. The molecule has 1 aromatic carbocycles. The number of benzene rings is 1. The van der Waals surface area contributed by atoms with Gasteiger partial charge in [-0.05, 0) is 46.6 Å². The molecule has 21 atom stereocenters. The molecular weight excluding hydrogens is 979 g/mol. The van der Waals surface area contributed by atoms with E-state index in [-0.39, 0.29) is 17.4 Å². The summed E-state index contributed by atoms with van der Waals surface area (Å²) in [6.45, 7) is 1.87. The molecule has 2 heterocycles. The largest absolute Gasteiger partial charge is 0.510 e. The Morgan fingerprint density at radius 2 is 1.44 bits per heavy atom. The minimum Gasteiger partial charge on any atom is -0.510 e. The van der Waals surface area contributed by atoms with Gasteiger partial charge in [-0.2, -0.15) is 0 Å². The number of primary amides is 1. The van der Waals surface area contributed by atoms with Gasteiger partial charge in [-0.1, -0.05) is 12.1 Å². The Labute approximate surface area is 414 Å². The average molecular weight is 1040 g/mol. The van der Waals surface area contributed by atoms with Gasteiger partial charge < -0.3 is 118 Å². The second kappa shape index (κ2) is 20.7. The number of nitrogens with one attached hydrogen (secondary N) is 5. The van der Waals surface area contributed by atoms with E-state index < -0.39 is 191 Å². The van der Waals surface area contributed by atoms with Gasteiger partial charge in [0.2, 0.25) is 5.78 Å². The van der Waals surface area contributed by atoms with Crippen LogP contribution in [0.5, 0.6) is 5.75 Å². The van der Waals surface area contributed by atoms with Crippen molar-refractivity contribution < 1.29 is 105 Å². The van der Waals surface area contributed by atoms with Crippen molar-refractivity contribution in [1.82, 2.24) is 20.9 Å². The number of carbonyl (C=O) groups is 4. The molecule has 3 fully saturated rings. The number of Topliss-reactive ketones (excluding diaryl/α,β-unsaturated/α-hetero) is 2. The van der Waals surface area contributed by atoms with Crippen LogP contribution in [0.1, 0.15) is 29.8 Å². The van der Waals surface area contributed by atoms with Gasteiger partial charge in [0.05, 0.1) is 77.7 Å². The Balaban J connectivity index is 0.000000242. The van der Waals surface area contributed by atoms with E-state index in [1.165, 1.54) is 58.1 Å². The number of aliphatic hydroxyl groups excluding tert-OH is 9. The third-order valence-corrected chi connectivity index (χ3v) is 14.5. The molecule has 0 unspecified atom stereocenters. The zero-order chi connectivity index (χ0) is 54.9. The number of aliphatic hydroxyl groups is 12. The lowest BCUT2D eigenvalue weighted by molar-refractivity contribution is -0.314. The van der Waals surface area contributed by atoms with Crippen molar-refractivity contribution in [1.29, 1.82) is 10.8 Å². The topological polar surface area (TPSA) is 533 Å². The van der Waals surface area contributed by atoms with Crippen LogP contribution in [0, 0.1) is 22.7 Å². The van der Waals surface area contributed by atoms with E-state index in [4.69, 9.17) is 47.0 Å². The maximum atomic E-state index is 13.3. The van der Waals surface area contributed by atoms with Crippen molar-refractivity contribution in [3.63, 3.8) is 0 Å². The van der Waals surface area contributed by atoms with Crippen LogP contribution in [0.25, 0.3) is 0 Å². The van der Waals surface area contributed by atoms with Gasteiger partial charge in [0, 0.05) is 0 Å². The van der Waals surface area contributed by atoms with E-state index >= 15 is 0 Å². The Hall–Kier alpha value is -5.52. The van der Waals surface area contributed by atoms with E-state index in [1.807, 2.05) is 0 Å². The number of hydrogen-bond donors (Lipinski definition) is 21. The SMILES string of the molecule is CN(C)[C@@H]1C(O)=C(C(N)=O)C(=O)[C@@]2(O)C(O)=C3C(=O)c4c(O)cccc4[C@@](C)(O)[C@H]3[C@H](O)[C@@H]12.CN[C@@H]1[C@H](O[C@H]2[C@H](O[C@H]3[C@H](O)[C@@H](O)[C@H](NC(=N)N)[C@@H](O)[C@@H]3NC(=N)N)O[C@@H](C)[C@]2(O)C=O)O[C@@H](CO)[C@H](O)[C@H]1O. The van der Waals surface area contributed by atoms with Crippen LogP contribution in [-0.2, 0) is 38.9 Å². The summed E-state index contributed by atoms with van der Waals surface area (Å²) < 4.78 is 22.9. The molecule has 1 aromatic rings. The zero-order valence-corrected chi connectivity index (χ0v) is 39.7. The lowest BCUT2D eigenvalue weighted by Gasteiger charge is -2.55. The number of aromatic hydroxyl groups is 1. The Kier molecular flexibility index (Phi) is 16.1. The molecule has 6 aliphatic rings. The minimum absolute atomic E-state index is 0.0281. The number of phenols is 1. The third kappa shape index (κ3) is 9.18. The molecule has 24 N–H and O–H groups in total. The predicted molar refractivity (Wildman–Crippen MR) is 242 cm³/mol. The van der Waals surface area contributed by atoms with Crippen LogP contribution >= 0.6 is 0 Å². The van der Waals surface area contributed by atoms with Crippen molar-refractivity contribution in [2.45, 2.75) is 128 Å². The van der Waals surface area contributed by atoms with Gasteiger partial charge in [-0.25, -0.2) is 0 Å². The number of phenolic OH excluding ortho intramolecular Hbond substituents is 1. The molecule has 0 spiro atoms. The molecule has 1 amide bonds. The van der Waals surface area contributed by atoms with Gasteiger partial charge in [0.1, 0.15) is 65.6 Å². The summed E-state index contributed by atoms with van der Waals surface area (Å²) in [6, 6.07) is -1.42. The first-order chi connectivity index (χ1) is 33.9. The average Bonchev–Trinajstić information content (AvgIpc) is 3.54. The second-order valence-electron chi connectivity index (χ2n) is 19.0. The monoisotopic (exact) mass is 1040 g/mol. The normalized spacial score (nSPS) is 42.2. The lowest BCUT2D eigenvalue weighted by atomic mass is 9.54. The van der Waals surface area contributed by atoms with Crippen molar-refractivity contribution >= 4 is 35.7 Å². The molecule has 1 saturated carbocycles. The molecule has 30 heteroatoms. The molecule has 2 aliphatic heterocycles. The van der Waals surface area contributed by atoms with Crippen molar-refractivity contribution in [2.24, 2.45) is 29.0 Å². The van der Waals surface area contributed by atoms with Crippen molar-refractivity contribution in [3.05, 3.63) is 52.0 Å². The highest BCUT2D eigenvalue weighted by molar-refractivity contribution is 6.25. The summed E-state index contributed by atoms with van der Waals surface area (Å²) in [6.07, 6.45) is -19.2. The van der Waals surface area contributed by atoms with Crippen LogP contribution in [-0.4, -0.2) is 244 Å². The number of nitrogens with zero attached hydrogens (tertiary/aromatic N) is 1. The number of rotatable bonds is 11. The van der Waals surface area contributed by atoms with Gasteiger partial charge in [-0.3, -0.25) is 34.9 Å². The molecule has 30 nitrogen and oxygen atoms in total. The van der Waals surface area contributed by atoms with E-state index in [9.17, 15) is 85.6 Å². The Bertz CT molecular complexity index is 2430. The smallest absolute Gasteiger partial charge is 0.255 e. The first kappa shape index (κ1) is 56.8. The van der Waals surface area contributed by atoms with Crippen LogP contribution in [0.3, 0.4) is 0 Å². The van der Waals surface area contributed by atoms with Crippen LogP contribution in [0.15, 0.2) is 40.9 Å². The van der Waals surface area contributed by atoms with Crippen molar-refractivity contribution in [2.75, 3.05) is 27.7 Å². The first-order valence-corrected chi connectivity index (χ1v) is 22.5. The van der Waals surface area contributed by atoms with E-state index in [0.29, 0.717) is 0 Å². The number of nitrogens with two attached hydrogens (primary N) is 3. The number of likely N-dealkylation sites (N-methyl/N-ethyl adjacent to an activating group) is 2. The summed E-state index contributed by atoms with van der Waals surface area (Å²) in [7, 11) is 4.27. The number of hydrogen-bond acceptors (Lipinski definition) is 25. The maximum absolute atomic E-state index is 13.3. The maximum Gasteiger partial charge on any atom is 0.255 e. The first-order valence-electron chi connectivity index (χ1n) is 22.5. The number of ketones is 2. The highest BCUT2D eigenvalue weighted by atomic mass is 16.8. The molecule has 0 aromatic heterocycles. The lowest BCUT2D eigenvalue weighted by Crippen LogP contribution is -2.73. The van der Waals surface area contributed by atoms with E-state index in [1.54, 1.807) is 0 Å². The number of ether oxygens (including phenoxy) is 4. The van der Waals surface area contributed by atoms with Crippen LogP contribution < -0.4 is 33.2 Å². The number of carbonyl (C=O) groups excluding carboxylic acids is 4. The summed E-state index contributed by atoms with van der Waals surface area (Å²) >= 11 is 0. The quantitative estimate of drug-likeness (QED) is 0.0423. The van der Waals surface area contributed by atoms with E-state index in [0.717, 1.165) is 0 Å². The molecule has 0 radical (unpaired) electrons. The van der Waals surface area contributed by atoms with Gasteiger partial charge in [0.15, 0.2) is 47.8 Å². The van der Waals surface area contributed by atoms with Crippen LogP contribution in [0.4, 0.5) is 0 Å². The molecule has 4 aliphatic carbocycles. The molecule has 0 bridgehead atoms. The fourth-order valence-corrected chi connectivity index (χ4v) is 10.8. The standard InChI is InChI=1S/C22H24N2O9.C21H39N7O12/c1-21(32)7-5-4-6-8(25)9(7)15(26)10-12(21)17(28)13-14(24(2)3)16(27)11(20(23)31)19(30)22(13,33)18(10)29;1-5-21(36,4-30)16(40-17-9(26-2)13(34)10(31)6(3-29)38-17)18(37-5)39-15-8(28-20(24)25)11(32)7(27-19(22)23)12(33)14(15)35/h4-6,12-14,17,25,27-29,32-33H,1-3H3,(H2,23,31);4-18,26,29,31-36H,3H2,1-2H3,(H4,22,23,27)(H4,24,25,28)/t12-,13-,14+,17+,21-,22+;5-,6-,7+,8-,9-,10-,11+,12-,13-,14+,15+,16-,17-,18-,21+/m10/s1. The predicted octanol–water partition coefficient (Wildman–Crippen LogP) is -8.99.